The van der Waals surface area contributed by atoms with Crippen molar-refractivity contribution in [1.29, 1.82) is 0 Å². The van der Waals surface area contributed by atoms with Crippen LogP contribution in [0, 0.1) is 5.92 Å². The summed E-state index contributed by atoms with van der Waals surface area (Å²) in [6, 6.07) is 8.59. The summed E-state index contributed by atoms with van der Waals surface area (Å²) in [5, 5.41) is 6.53. The van der Waals surface area contributed by atoms with Gasteiger partial charge in [-0.15, -0.1) is 0 Å². The smallest absolute Gasteiger partial charge is 0.251 e. The Labute approximate surface area is 122 Å². The first-order valence-electron chi connectivity index (χ1n) is 7.77. The number of anilines is 1. The van der Waals surface area contributed by atoms with Crippen LogP contribution >= 0.6 is 0 Å². The molecule has 1 fully saturated rings. The van der Waals surface area contributed by atoms with Crippen molar-refractivity contribution in [1.82, 2.24) is 5.32 Å². The van der Waals surface area contributed by atoms with Gasteiger partial charge in [0.05, 0.1) is 0 Å². The van der Waals surface area contributed by atoms with Gasteiger partial charge in [0.1, 0.15) is 0 Å². The molecule has 3 nitrogen and oxygen atoms in total. The van der Waals surface area contributed by atoms with Crippen molar-refractivity contribution in [2.75, 3.05) is 5.32 Å². The molecule has 2 atom stereocenters. The first-order chi connectivity index (χ1) is 9.60. The Bertz CT molecular complexity index is 439. The Hall–Kier alpha value is -1.51. The molecule has 1 aliphatic carbocycles. The minimum absolute atomic E-state index is 0.00106. The molecule has 2 N–H and O–H groups in total. The van der Waals surface area contributed by atoms with Gasteiger partial charge in [-0.1, -0.05) is 19.8 Å². The van der Waals surface area contributed by atoms with E-state index in [1.165, 1.54) is 25.7 Å². The lowest BCUT2D eigenvalue weighted by molar-refractivity contribution is 0.0943. The second-order valence-electron chi connectivity index (χ2n) is 6.06. The topological polar surface area (TPSA) is 41.1 Å². The molecular formula is C17H26N2O. The van der Waals surface area contributed by atoms with Gasteiger partial charge in [0.2, 0.25) is 0 Å². The molecule has 0 aliphatic heterocycles. The molecule has 1 aromatic carbocycles. The fourth-order valence-electron chi connectivity index (χ4n) is 2.99. The van der Waals surface area contributed by atoms with E-state index in [0.717, 1.165) is 17.2 Å². The zero-order valence-electron chi connectivity index (χ0n) is 12.8. The van der Waals surface area contributed by atoms with Gasteiger partial charge in [0.25, 0.3) is 5.91 Å². The van der Waals surface area contributed by atoms with Crippen LogP contribution in [0.25, 0.3) is 0 Å². The lowest BCUT2D eigenvalue weighted by Gasteiger charge is -2.21. The molecule has 0 heterocycles. The maximum absolute atomic E-state index is 11.9. The number of benzene rings is 1. The number of carbonyl (C=O) groups excluding carboxylic acids is 1. The summed E-state index contributed by atoms with van der Waals surface area (Å²) in [6.45, 7) is 6.21. The molecule has 0 bridgehead atoms. The summed E-state index contributed by atoms with van der Waals surface area (Å²) >= 11 is 0. The van der Waals surface area contributed by atoms with Crippen LogP contribution in [0.4, 0.5) is 5.69 Å². The summed E-state index contributed by atoms with van der Waals surface area (Å²) < 4.78 is 0. The SMILES string of the molecule is CCC1CCCC1Nc1ccc(C(=O)NC(C)C)cc1. The third-order valence-electron chi connectivity index (χ3n) is 4.10. The Morgan fingerprint density at radius 2 is 1.95 bits per heavy atom. The van der Waals surface area contributed by atoms with Crippen molar-refractivity contribution in [2.24, 2.45) is 5.92 Å². The lowest BCUT2D eigenvalue weighted by Crippen LogP contribution is -2.30. The highest BCUT2D eigenvalue weighted by molar-refractivity contribution is 5.94. The number of rotatable bonds is 5. The van der Waals surface area contributed by atoms with E-state index in [4.69, 9.17) is 0 Å². The predicted octanol–water partition coefficient (Wildman–Crippen LogP) is 3.82. The van der Waals surface area contributed by atoms with Gasteiger partial charge in [-0.3, -0.25) is 4.79 Å². The van der Waals surface area contributed by atoms with Crippen LogP contribution in [0.15, 0.2) is 24.3 Å². The largest absolute Gasteiger partial charge is 0.382 e. The molecule has 0 spiro atoms. The van der Waals surface area contributed by atoms with E-state index < -0.39 is 0 Å². The average molecular weight is 274 g/mol. The van der Waals surface area contributed by atoms with Crippen LogP contribution in [0.5, 0.6) is 0 Å². The molecule has 3 heteroatoms. The maximum atomic E-state index is 11.9. The molecule has 1 aromatic rings. The zero-order valence-corrected chi connectivity index (χ0v) is 12.8. The minimum Gasteiger partial charge on any atom is -0.382 e. The molecule has 1 amide bonds. The third-order valence-corrected chi connectivity index (χ3v) is 4.10. The first kappa shape index (κ1) is 14.9. The molecule has 110 valence electrons. The second-order valence-corrected chi connectivity index (χ2v) is 6.06. The van der Waals surface area contributed by atoms with Gasteiger partial charge in [0, 0.05) is 23.3 Å². The van der Waals surface area contributed by atoms with Gasteiger partial charge in [0.15, 0.2) is 0 Å². The Morgan fingerprint density at radius 1 is 1.25 bits per heavy atom. The van der Waals surface area contributed by atoms with E-state index in [9.17, 15) is 4.79 Å². The monoisotopic (exact) mass is 274 g/mol. The Kier molecular flexibility index (Phi) is 5.05. The second kappa shape index (κ2) is 6.78. The van der Waals surface area contributed by atoms with E-state index >= 15 is 0 Å². The summed E-state index contributed by atoms with van der Waals surface area (Å²) in [6.07, 6.45) is 5.16. The molecule has 0 aromatic heterocycles. The van der Waals surface area contributed by atoms with Crippen molar-refractivity contribution >= 4 is 11.6 Å². The van der Waals surface area contributed by atoms with Crippen molar-refractivity contribution in [2.45, 2.75) is 58.5 Å². The van der Waals surface area contributed by atoms with Gasteiger partial charge in [-0.25, -0.2) is 0 Å². The molecule has 0 radical (unpaired) electrons. The molecule has 1 aliphatic rings. The number of nitrogens with one attached hydrogen (secondary N) is 2. The average Bonchev–Trinajstić information content (AvgIpc) is 2.86. The van der Waals surface area contributed by atoms with Crippen molar-refractivity contribution < 1.29 is 4.79 Å². The standard InChI is InChI=1S/C17H26N2O/c1-4-13-6-5-7-16(13)19-15-10-8-14(9-11-15)17(20)18-12(2)3/h8-13,16,19H,4-7H2,1-3H3,(H,18,20). The van der Waals surface area contributed by atoms with Gasteiger partial charge in [-0.05, 0) is 56.9 Å². The van der Waals surface area contributed by atoms with Crippen LogP contribution < -0.4 is 10.6 Å². The normalized spacial score (nSPS) is 22.0. The molecule has 2 rings (SSSR count). The predicted molar refractivity (Wildman–Crippen MR) is 84.1 cm³/mol. The van der Waals surface area contributed by atoms with Crippen LogP contribution in [-0.4, -0.2) is 18.0 Å². The highest BCUT2D eigenvalue weighted by atomic mass is 16.1. The first-order valence-corrected chi connectivity index (χ1v) is 7.77. The van der Waals surface area contributed by atoms with Crippen molar-refractivity contribution in [3.8, 4) is 0 Å². The molecule has 1 saturated carbocycles. The van der Waals surface area contributed by atoms with Gasteiger partial charge >= 0.3 is 0 Å². The highest BCUT2D eigenvalue weighted by Gasteiger charge is 2.25. The number of hydrogen-bond acceptors (Lipinski definition) is 2. The summed E-state index contributed by atoms with van der Waals surface area (Å²) in [7, 11) is 0. The maximum Gasteiger partial charge on any atom is 0.251 e. The number of hydrogen-bond donors (Lipinski definition) is 2. The number of amides is 1. The quantitative estimate of drug-likeness (QED) is 0.857. The number of carbonyl (C=O) groups is 1. The van der Waals surface area contributed by atoms with Crippen LogP contribution in [0.2, 0.25) is 0 Å². The minimum atomic E-state index is -0.00106. The fraction of sp³-hybridized carbons (Fsp3) is 0.588. The van der Waals surface area contributed by atoms with E-state index in [1.807, 2.05) is 38.1 Å². The van der Waals surface area contributed by atoms with Gasteiger partial charge in [-0.2, -0.15) is 0 Å². The lowest BCUT2D eigenvalue weighted by atomic mass is 10.0. The Balaban J connectivity index is 1.96. The van der Waals surface area contributed by atoms with Crippen LogP contribution in [0.1, 0.15) is 56.8 Å². The molecule has 20 heavy (non-hydrogen) atoms. The summed E-state index contributed by atoms with van der Waals surface area (Å²) in [5.74, 6) is 0.790. The zero-order chi connectivity index (χ0) is 14.5. The van der Waals surface area contributed by atoms with E-state index in [2.05, 4.69) is 17.6 Å². The van der Waals surface area contributed by atoms with E-state index in [-0.39, 0.29) is 11.9 Å². The fourth-order valence-corrected chi connectivity index (χ4v) is 2.99. The highest BCUT2D eigenvalue weighted by Crippen LogP contribution is 2.30. The summed E-state index contributed by atoms with van der Waals surface area (Å²) in [4.78, 5) is 11.9. The molecule has 0 saturated heterocycles. The third kappa shape index (κ3) is 3.75. The van der Waals surface area contributed by atoms with Gasteiger partial charge < -0.3 is 10.6 Å². The molecule has 2 unspecified atom stereocenters. The summed E-state index contributed by atoms with van der Waals surface area (Å²) in [5.41, 5.74) is 1.85. The van der Waals surface area contributed by atoms with Crippen LogP contribution in [0.3, 0.4) is 0 Å². The van der Waals surface area contributed by atoms with Crippen molar-refractivity contribution in [3.05, 3.63) is 29.8 Å². The van der Waals surface area contributed by atoms with E-state index in [1.54, 1.807) is 0 Å². The van der Waals surface area contributed by atoms with Crippen LogP contribution in [-0.2, 0) is 0 Å². The van der Waals surface area contributed by atoms with Crippen molar-refractivity contribution in [3.63, 3.8) is 0 Å². The Morgan fingerprint density at radius 3 is 2.55 bits per heavy atom. The van der Waals surface area contributed by atoms with E-state index in [0.29, 0.717) is 6.04 Å². The molecular weight excluding hydrogens is 248 g/mol.